The van der Waals surface area contributed by atoms with E-state index in [1.165, 1.54) is 5.56 Å². The summed E-state index contributed by atoms with van der Waals surface area (Å²) in [5.41, 5.74) is 8.31. The molecule has 1 atom stereocenters. The van der Waals surface area contributed by atoms with Gasteiger partial charge in [0.2, 0.25) is 0 Å². The lowest BCUT2D eigenvalue weighted by Crippen LogP contribution is -2.45. The molecule has 0 bridgehead atoms. The molecule has 100 valence electrons. The minimum Gasteiger partial charge on any atom is -0.398 e. The maximum absolute atomic E-state index is 6.22. The minimum absolute atomic E-state index is 0.404. The average Bonchev–Trinajstić information content (AvgIpc) is 2.37. The van der Waals surface area contributed by atoms with Crippen LogP contribution in [0.3, 0.4) is 0 Å². The standard InChI is InChI=1S/C13H19Br2N3/c1-2-12(18-5-3-17-4-6-18)10-7-9(14)8-11(15)13(10)16/h7-8,12,17H,2-6,16H2,1H3/t12-/m0/s1. The Kier molecular flexibility index (Phi) is 5.06. The second kappa shape index (κ2) is 6.37. The molecular weight excluding hydrogens is 358 g/mol. The Morgan fingerprint density at radius 2 is 2.00 bits per heavy atom. The van der Waals surface area contributed by atoms with Gasteiger partial charge in [0.15, 0.2) is 0 Å². The number of benzene rings is 1. The van der Waals surface area contributed by atoms with Gasteiger partial charge < -0.3 is 11.1 Å². The van der Waals surface area contributed by atoms with E-state index < -0.39 is 0 Å². The van der Waals surface area contributed by atoms with E-state index >= 15 is 0 Å². The largest absolute Gasteiger partial charge is 0.398 e. The molecule has 1 aliphatic rings. The second-order valence-electron chi connectivity index (χ2n) is 4.60. The summed E-state index contributed by atoms with van der Waals surface area (Å²) < 4.78 is 2.05. The lowest BCUT2D eigenvalue weighted by Gasteiger charge is -2.35. The lowest BCUT2D eigenvalue weighted by molar-refractivity contribution is 0.170. The Hall–Kier alpha value is -0.100. The number of anilines is 1. The molecule has 0 saturated carbocycles. The van der Waals surface area contributed by atoms with Crippen molar-refractivity contribution in [2.45, 2.75) is 19.4 Å². The first-order chi connectivity index (χ1) is 8.63. The summed E-state index contributed by atoms with van der Waals surface area (Å²) in [6, 6.07) is 4.56. The quantitative estimate of drug-likeness (QED) is 0.796. The van der Waals surface area contributed by atoms with Crippen LogP contribution in [0.4, 0.5) is 5.69 Å². The van der Waals surface area contributed by atoms with Crippen molar-refractivity contribution in [1.29, 1.82) is 0 Å². The monoisotopic (exact) mass is 375 g/mol. The lowest BCUT2D eigenvalue weighted by atomic mass is 10.00. The number of halogens is 2. The highest BCUT2D eigenvalue weighted by Gasteiger charge is 2.23. The molecule has 0 unspecified atom stereocenters. The minimum atomic E-state index is 0.404. The van der Waals surface area contributed by atoms with E-state index in [0.717, 1.165) is 47.2 Å². The Morgan fingerprint density at radius 3 is 2.61 bits per heavy atom. The molecule has 1 aliphatic heterocycles. The first-order valence-electron chi connectivity index (χ1n) is 6.32. The molecule has 0 aliphatic carbocycles. The van der Waals surface area contributed by atoms with Crippen LogP contribution < -0.4 is 11.1 Å². The van der Waals surface area contributed by atoms with Gasteiger partial charge >= 0.3 is 0 Å². The third kappa shape index (κ3) is 3.07. The summed E-state index contributed by atoms with van der Waals surface area (Å²) in [6.07, 6.45) is 1.08. The van der Waals surface area contributed by atoms with Crippen LogP contribution in [0.5, 0.6) is 0 Å². The summed E-state index contributed by atoms with van der Waals surface area (Å²) >= 11 is 7.08. The topological polar surface area (TPSA) is 41.3 Å². The highest BCUT2D eigenvalue weighted by atomic mass is 79.9. The van der Waals surface area contributed by atoms with Crippen LogP contribution in [0, 0.1) is 0 Å². The molecule has 1 aromatic carbocycles. The number of piperazine rings is 1. The van der Waals surface area contributed by atoms with Gasteiger partial charge in [-0.1, -0.05) is 22.9 Å². The molecule has 1 fully saturated rings. The number of hydrogen-bond acceptors (Lipinski definition) is 3. The highest BCUT2D eigenvalue weighted by Crippen LogP contribution is 2.36. The van der Waals surface area contributed by atoms with Crippen LogP contribution in [0.15, 0.2) is 21.1 Å². The zero-order chi connectivity index (χ0) is 13.1. The van der Waals surface area contributed by atoms with Crippen molar-refractivity contribution in [1.82, 2.24) is 10.2 Å². The van der Waals surface area contributed by atoms with Gasteiger partial charge in [-0.2, -0.15) is 0 Å². The van der Waals surface area contributed by atoms with Gasteiger partial charge in [-0.3, -0.25) is 4.90 Å². The zero-order valence-corrected chi connectivity index (χ0v) is 13.7. The molecule has 0 aromatic heterocycles. The van der Waals surface area contributed by atoms with Crippen molar-refractivity contribution < 1.29 is 0 Å². The molecule has 0 radical (unpaired) electrons. The van der Waals surface area contributed by atoms with E-state index in [9.17, 15) is 0 Å². The van der Waals surface area contributed by atoms with Gasteiger partial charge in [0.05, 0.1) is 5.69 Å². The maximum atomic E-state index is 6.22. The molecule has 18 heavy (non-hydrogen) atoms. The first-order valence-corrected chi connectivity index (χ1v) is 7.91. The molecule has 0 amide bonds. The molecule has 1 saturated heterocycles. The van der Waals surface area contributed by atoms with Crippen LogP contribution in [-0.4, -0.2) is 31.1 Å². The van der Waals surface area contributed by atoms with E-state index in [0.29, 0.717) is 6.04 Å². The first kappa shape index (κ1) is 14.3. The number of nitrogen functional groups attached to an aromatic ring is 1. The van der Waals surface area contributed by atoms with Crippen LogP contribution >= 0.6 is 31.9 Å². The van der Waals surface area contributed by atoms with Crippen LogP contribution in [-0.2, 0) is 0 Å². The van der Waals surface area contributed by atoms with E-state index in [4.69, 9.17) is 5.73 Å². The molecule has 3 N–H and O–H groups in total. The molecular formula is C13H19Br2N3. The van der Waals surface area contributed by atoms with Crippen LogP contribution in [0.2, 0.25) is 0 Å². The van der Waals surface area contributed by atoms with Crippen molar-refractivity contribution >= 4 is 37.5 Å². The van der Waals surface area contributed by atoms with Crippen molar-refractivity contribution in [3.63, 3.8) is 0 Å². The molecule has 1 heterocycles. The number of nitrogens with zero attached hydrogens (tertiary/aromatic N) is 1. The SMILES string of the molecule is CC[C@@H](c1cc(Br)cc(Br)c1N)N1CCNCC1. The van der Waals surface area contributed by atoms with Gasteiger partial charge in [-0.05, 0) is 40.0 Å². The summed E-state index contributed by atoms with van der Waals surface area (Å²) in [5.74, 6) is 0. The van der Waals surface area contributed by atoms with Crippen molar-refractivity contribution in [2.24, 2.45) is 0 Å². The Morgan fingerprint density at radius 1 is 1.33 bits per heavy atom. The van der Waals surface area contributed by atoms with Gasteiger partial charge in [0.25, 0.3) is 0 Å². The van der Waals surface area contributed by atoms with Crippen molar-refractivity contribution in [3.05, 3.63) is 26.6 Å². The molecule has 2 rings (SSSR count). The van der Waals surface area contributed by atoms with Gasteiger partial charge in [0, 0.05) is 41.2 Å². The van der Waals surface area contributed by atoms with Crippen molar-refractivity contribution in [3.8, 4) is 0 Å². The number of nitrogens with one attached hydrogen (secondary N) is 1. The summed E-state index contributed by atoms with van der Waals surface area (Å²) in [6.45, 7) is 6.52. The van der Waals surface area contributed by atoms with Crippen molar-refractivity contribution in [2.75, 3.05) is 31.9 Å². The number of hydrogen-bond donors (Lipinski definition) is 2. The molecule has 5 heteroatoms. The van der Waals surface area contributed by atoms with Crippen LogP contribution in [0.1, 0.15) is 24.9 Å². The zero-order valence-electron chi connectivity index (χ0n) is 10.5. The fraction of sp³-hybridized carbons (Fsp3) is 0.538. The summed E-state index contributed by atoms with van der Waals surface area (Å²) in [5, 5.41) is 3.39. The predicted octanol–water partition coefficient (Wildman–Crippen LogP) is 3.15. The van der Waals surface area contributed by atoms with Gasteiger partial charge in [-0.15, -0.1) is 0 Å². The summed E-state index contributed by atoms with van der Waals surface area (Å²) in [7, 11) is 0. The average molecular weight is 377 g/mol. The number of nitrogens with two attached hydrogens (primary N) is 1. The van der Waals surface area contributed by atoms with E-state index in [-0.39, 0.29) is 0 Å². The summed E-state index contributed by atoms with van der Waals surface area (Å²) in [4.78, 5) is 2.51. The third-order valence-corrected chi connectivity index (χ3v) is 4.58. The van der Waals surface area contributed by atoms with Crippen LogP contribution in [0.25, 0.3) is 0 Å². The highest BCUT2D eigenvalue weighted by molar-refractivity contribution is 9.11. The fourth-order valence-electron chi connectivity index (χ4n) is 2.55. The van der Waals surface area contributed by atoms with E-state index in [2.05, 4.69) is 55.1 Å². The molecule has 1 aromatic rings. The third-order valence-electron chi connectivity index (χ3n) is 3.46. The Bertz CT molecular complexity index is 417. The van der Waals surface area contributed by atoms with E-state index in [1.807, 2.05) is 6.07 Å². The Balaban J connectivity index is 2.31. The Labute approximate surface area is 125 Å². The maximum Gasteiger partial charge on any atom is 0.0507 e. The second-order valence-corrected chi connectivity index (χ2v) is 6.37. The normalized spacial score (nSPS) is 18.8. The van der Waals surface area contributed by atoms with Gasteiger partial charge in [-0.25, -0.2) is 0 Å². The van der Waals surface area contributed by atoms with E-state index in [1.54, 1.807) is 0 Å². The molecule has 0 spiro atoms. The fourth-order valence-corrected chi connectivity index (χ4v) is 3.81. The molecule has 3 nitrogen and oxygen atoms in total. The van der Waals surface area contributed by atoms with Gasteiger partial charge in [0.1, 0.15) is 0 Å². The number of rotatable bonds is 3. The smallest absolute Gasteiger partial charge is 0.0507 e. The predicted molar refractivity (Wildman–Crippen MR) is 83.7 cm³/mol.